The molecular weight excluding hydrogens is 210 g/mol. The van der Waals surface area contributed by atoms with Crippen LogP contribution in [0.3, 0.4) is 0 Å². The van der Waals surface area contributed by atoms with E-state index in [4.69, 9.17) is 0 Å². The van der Waals surface area contributed by atoms with Crippen LogP contribution in [0.5, 0.6) is 0 Å². The van der Waals surface area contributed by atoms with Crippen molar-refractivity contribution < 1.29 is 0 Å². The van der Waals surface area contributed by atoms with Gasteiger partial charge in [-0.3, -0.25) is 4.68 Å². The first-order valence-electron chi connectivity index (χ1n) is 6.08. The maximum atomic E-state index is 4.14. The molecule has 0 saturated carbocycles. The average Bonchev–Trinajstić information content (AvgIpc) is 2.75. The molecular formula is C14H19N3. The van der Waals surface area contributed by atoms with E-state index in [0.29, 0.717) is 0 Å². The van der Waals surface area contributed by atoms with Gasteiger partial charge in [-0.2, -0.15) is 5.10 Å². The van der Waals surface area contributed by atoms with Crippen LogP contribution in [0.1, 0.15) is 24.5 Å². The van der Waals surface area contributed by atoms with Crippen molar-refractivity contribution in [3.05, 3.63) is 47.8 Å². The number of nitrogens with zero attached hydrogens (tertiary/aromatic N) is 2. The number of rotatable bonds is 5. The molecule has 2 aromatic rings. The maximum Gasteiger partial charge on any atom is 0.0539 e. The fraction of sp³-hybridized carbons (Fsp3) is 0.357. The highest BCUT2D eigenvalue weighted by atomic mass is 15.2. The molecule has 0 bridgehead atoms. The largest absolute Gasteiger partial charge is 0.381 e. The molecule has 0 unspecified atom stereocenters. The first-order valence-corrected chi connectivity index (χ1v) is 6.08. The summed E-state index contributed by atoms with van der Waals surface area (Å²) in [6.45, 7) is 3.02. The van der Waals surface area contributed by atoms with Crippen LogP contribution in [0.2, 0.25) is 0 Å². The van der Waals surface area contributed by atoms with Crippen molar-refractivity contribution in [3.8, 4) is 0 Å². The number of hydrogen-bond acceptors (Lipinski definition) is 2. The Balaban J connectivity index is 1.90. The van der Waals surface area contributed by atoms with E-state index in [0.717, 1.165) is 18.7 Å². The summed E-state index contributed by atoms with van der Waals surface area (Å²) in [5.74, 6) is 0. The third-order valence-electron chi connectivity index (χ3n) is 2.75. The smallest absolute Gasteiger partial charge is 0.0539 e. The Hall–Kier alpha value is -1.77. The lowest BCUT2D eigenvalue weighted by molar-refractivity contribution is 0.767. The van der Waals surface area contributed by atoms with E-state index >= 15 is 0 Å². The summed E-state index contributed by atoms with van der Waals surface area (Å²) in [5.41, 5.74) is 3.76. The Morgan fingerprint density at radius 3 is 2.53 bits per heavy atom. The number of nitrogens with one attached hydrogen (secondary N) is 1. The van der Waals surface area contributed by atoms with Gasteiger partial charge in [-0.25, -0.2) is 0 Å². The van der Waals surface area contributed by atoms with Gasteiger partial charge >= 0.3 is 0 Å². The quantitative estimate of drug-likeness (QED) is 0.854. The summed E-state index contributed by atoms with van der Waals surface area (Å²) in [6.07, 6.45) is 6.27. The number of hydrogen-bond donors (Lipinski definition) is 1. The van der Waals surface area contributed by atoms with Crippen LogP contribution in [0, 0.1) is 0 Å². The second-order valence-corrected chi connectivity index (χ2v) is 4.32. The minimum atomic E-state index is 0.820. The SMILES string of the molecule is CCCc1ccc(NCc2cnn(C)c2)cc1. The van der Waals surface area contributed by atoms with Crippen LogP contribution in [-0.4, -0.2) is 9.78 Å². The lowest BCUT2D eigenvalue weighted by Gasteiger charge is -2.05. The highest BCUT2D eigenvalue weighted by Gasteiger charge is 1.97. The molecule has 1 N–H and O–H groups in total. The van der Waals surface area contributed by atoms with Crippen molar-refractivity contribution in [2.24, 2.45) is 7.05 Å². The summed E-state index contributed by atoms with van der Waals surface area (Å²) in [4.78, 5) is 0. The first-order chi connectivity index (χ1) is 8.28. The zero-order chi connectivity index (χ0) is 12.1. The molecule has 3 nitrogen and oxygen atoms in total. The number of benzene rings is 1. The third kappa shape index (κ3) is 3.34. The number of anilines is 1. The normalized spacial score (nSPS) is 10.5. The van der Waals surface area contributed by atoms with E-state index in [1.54, 1.807) is 0 Å². The van der Waals surface area contributed by atoms with Crippen LogP contribution >= 0.6 is 0 Å². The summed E-state index contributed by atoms with van der Waals surface area (Å²) in [5, 5.41) is 7.53. The summed E-state index contributed by atoms with van der Waals surface area (Å²) >= 11 is 0. The van der Waals surface area contributed by atoms with Gasteiger partial charge in [0.2, 0.25) is 0 Å². The van der Waals surface area contributed by atoms with Crippen LogP contribution in [0.25, 0.3) is 0 Å². The Morgan fingerprint density at radius 1 is 1.18 bits per heavy atom. The van der Waals surface area contributed by atoms with Crippen molar-refractivity contribution in [1.29, 1.82) is 0 Å². The molecule has 0 saturated heterocycles. The molecule has 3 heteroatoms. The van der Waals surface area contributed by atoms with E-state index in [2.05, 4.69) is 41.6 Å². The van der Waals surface area contributed by atoms with Crippen molar-refractivity contribution in [2.75, 3.05) is 5.32 Å². The topological polar surface area (TPSA) is 29.9 Å². The second-order valence-electron chi connectivity index (χ2n) is 4.32. The van der Waals surface area contributed by atoms with Gasteiger partial charge in [0.25, 0.3) is 0 Å². The molecule has 1 aromatic carbocycles. The lowest BCUT2D eigenvalue weighted by Crippen LogP contribution is -1.98. The lowest BCUT2D eigenvalue weighted by atomic mass is 10.1. The van der Waals surface area contributed by atoms with Crippen molar-refractivity contribution in [1.82, 2.24) is 9.78 Å². The predicted molar refractivity (Wildman–Crippen MR) is 71.0 cm³/mol. The molecule has 0 radical (unpaired) electrons. The highest BCUT2D eigenvalue weighted by molar-refractivity contribution is 5.45. The molecule has 0 amide bonds. The fourth-order valence-electron chi connectivity index (χ4n) is 1.85. The molecule has 0 spiro atoms. The van der Waals surface area contributed by atoms with E-state index in [9.17, 15) is 0 Å². The summed E-state index contributed by atoms with van der Waals surface area (Å²) < 4.78 is 1.82. The van der Waals surface area contributed by atoms with E-state index < -0.39 is 0 Å². The fourth-order valence-corrected chi connectivity index (χ4v) is 1.85. The minimum absolute atomic E-state index is 0.820. The highest BCUT2D eigenvalue weighted by Crippen LogP contribution is 2.12. The van der Waals surface area contributed by atoms with Gasteiger partial charge < -0.3 is 5.32 Å². The van der Waals surface area contributed by atoms with Crippen molar-refractivity contribution >= 4 is 5.69 Å². The molecule has 90 valence electrons. The maximum absolute atomic E-state index is 4.14. The molecule has 0 fully saturated rings. The third-order valence-corrected chi connectivity index (χ3v) is 2.75. The molecule has 1 heterocycles. The summed E-state index contributed by atoms with van der Waals surface area (Å²) in [7, 11) is 1.93. The van der Waals surface area contributed by atoms with E-state index in [1.807, 2.05) is 24.1 Å². The Bertz CT molecular complexity index is 457. The molecule has 0 aliphatic heterocycles. The van der Waals surface area contributed by atoms with Crippen molar-refractivity contribution in [2.45, 2.75) is 26.3 Å². The van der Waals surface area contributed by atoms with Crippen LogP contribution in [0.15, 0.2) is 36.7 Å². The van der Waals surface area contributed by atoms with E-state index in [-0.39, 0.29) is 0 Å². The zero-order valence-corrected chi connectivity index (χ0v) is 10.5. The minimum Gasteiger partial charge on any atom is -0.381 e. The molecule has 2 rings (SSSR count). The van der Waals surface area contributed by atoms with Gasteiger partial charge in [-0.1, -0.05) is 25.5 Å². The Morgan fingerprint density at radius 2 is 1.94 bits per heavy atom. The number of aromatic nitrogens is 2. The van der Waals surface area contributed by atoms with Gasteiger partial charge in [-0.05, 0) is 24.1 Å². The van der Waals surface area contributed by atoms with Gasteiger partial charge in [0.1, 0.15) is 0 Å². The van der Waals surface area contributed by atoms with Crippen LogP contribution < -0.4 is 5.32 Å². The zero-order valence-electron chi connectivity index (χ0n) is 10.5. The summed E-state index contributed by atoms with van der Waals surface area (Å²) in [6, 6.07) is 8.66. The second kappa shape index (κ2) is 5.53. The van der Waals surface area contributed by atoms with Gasteiger partial charge in [0.15, 0.2) is 0 Å². The van der Waals surface area contributed by atoms with Gasteiger partial charge in [0.05, 0.1) is 6.20 Å². The first kappa shape index (κ1) is 11.7. The van der Waals surface area contributed by atoms with E-state index in [1.165, 1.54) is 17.5 Å². The van der Waals surface area contributed by atoms with Crippen LogP contribution in [0.4, 0.5) is 5.69 Å². The molecule has 1 aromatic heterocycles. The molecule has 0 aliphatic carbocycles. The van der Waals surface area contributed by atoms with Gasteiger partial charge in [-0.15, -0.1) is 0 Å². The van der Waals surface area contributed by atoms with Gasteiger partial charge in [0, 0.05) is 31.0 Å². The molecule has 17 heavy (non-hydrogen) atoms. The average molecular weight is 229 g/mol. The molecule has 0 atom stereocenters. The van der Waals surface area contributed by atoms with Crippen molar-refractivity contribution in [3.63, 3.8) is 0 Å². The standard InChI is InChI=1S/C14H19N3/c1-3-4-12-5-7-14(8-6-12)15-9-13-10-16-17(2)11-13/h5-8,10-11,15H,3-4,9H2,1-2H3. The monoisotopic (exact) mass is 229 g/mol. The Kier molecular flexibility index (Phi) is 3.81. The van der Waals surface area contributed by atoms with Crippen LogP contribution in [-0.2, 0) is 20.0 Å². The Labute approximate surface area is 102 Å². The number of aryl methyl sites for hydroxylation is 2. The predicted octanol–water partition coefficient (Wildman–Crippen LogP) is 2.98. The molecule has 0 aliphatic rings.